The summed E-state index contributed by atoms with van der Waals surface area (Å²) >= 11 is 0. The maximum absolute atomic E-state index is 10.9. The topological polar surface area (TPSA) is 69.6 Å². The molecule has 1 fully saturated rings. The number of carboxylic acids is 1. The number of hydrogen-bond acceptors (Lipinski definition) is 4. The lowest BCUT2D eigenvalue weighted by Gasteiger charge is -2.46. The molecule has 5 nitrogen and oxygen atoms in total. The van der Waals surface area contributed by atoms with Gasteiger partial charge in [-0.25, -0.2) is 0 Å². The van der Waals surface area contributed by atoms with Gasteiger partial charge in [-0.3, -0.25) is 0 Å². The first kappa shape index (κ1) is 25.4. The molecule has 1 aliphatic rings. The summed E-state index contributed by atoms with van der Waals surface area (Å²) in [6.07, 6.45) is 16.8. The summed E-state index contributed by atoms with van der Waals surface area (Å²) in [6.45, 7) is 3.36. The van der Waals surface area contributed by atoms with Gasteiger partial charge in [0.25, 0.3) is 0 Å². The van der Waals surface area contributed by atoms with Crippen LogP contribution in [0.15, 0.2) is 0 Å². The number of unbranched alkanes of at least 4 members (excludes halogenated alkanes) is 12. The number of morpholine rings is 1. The molecular weight excluding hydrogens is 354 g/mol. The van der Waals surface area contributed by atoms with Crippen molar-refractivity contribution in [2.45, 2.75) is 115 Å². The lowest BCUT2D eigenvalue weighted by atomic mass is 10.0. The summed E-state index contributed by atoms with van der Waals surface area (Å²) in [5.74, 6) is -2.32. The molecule has 0 aromatic carbocycles. The normalized spacial score (nSPS) is 24.4. The first-order chi connectivity index (χ1) is 13.3. The van der Waals surface area contributed by atoms with E-state index in [0.29, 0.717) is 24.0 Å². The Balaban J connectivity index is 2.07. The number of carboxylic acid groups (broad SMARTS) is 1. The number of ether oxygens (including phenoxy) is 1. The highest BCUT2D eigenvalue weighted by Crippen LogP contribution is 2.29. The van der Waals surface area contributed by atoms with Gasteiger partial charge >= 0.3 is 0 Å². The van der Waals surface area contributed by atoms with Crippen LogP contribution in [0.2, 0.25) is 0 Å². The predicted molar refractivity (Wildman–Crippen MR) is 112 cm³/mol. The Kier molecular flexibility index (Phi) is 12.3. The van der Waals surface area contributed by atoms with Crippen molar-refractivity contribution < 1.29 is 24.2 Å². The molecule has 0 unspecified atom stereocenters. The Hall–Kier alpha value is -0.650. The van der Waals surface area contributed by atoms with E-state index < -0.39 is 17.9 Å². The second kappa shape index (κ2) is 13.6. The van der Waals surface area contributed by atoms with Gasteiger partial charge in [0.2, 0.25) is 5.79 Å². The Morgan fingerprint density at radius 3 is 1.89 bits per heavy atom. The highest BCUT2D eigenvalue weighted by atomic mass is 16.6. The van der Waals surface area contributed by atoms with Gasteiger partial charge in [-0.05, 0) is 6.42 Å². The molecule has 166 valence electrons. The summed E-state index contributed by atoms with van der Waals surface area (Å²) in [7, 11) is 4.03. The van der Waals surface area contributed by atoms with E-state index in [0.717, 1.165) is 12.8 Å². The zero-order valence-corrected chi connectivity index (χ0v) is 18.7. The Morgan fingerprint density at radius 2 is 1.43 bits per heavy atom. The largest absolute Gasteiger partial charge is 0.550 e. The van der Waals surface area contributed by atoms with Gasteiger partial charge in [-0.15, -0.1) is 0 Å². The number of carbonyl (C=O) groups is 1. The molecule has 0 aromatic heterocycles. The molecule has 0 spiro atoms. The molecule has 0 aromatic rings. The average molecular weight is 400 g/mol. The van der Waals surface area contributed by atoms with Crippen LogP contribution >= 0.6 is 0 Å². The van der Waals surface area contributed by atoms with Crippen molar-refractivity contribution in [1.82, 2.24) is 0 Å². The fourth-order valence-corrected chi connectivity index (χ4v) is 4.52. The van der Waals surface area contributed by atoms with Crippen LogP contribution in [0.3, 0.4) is 0 Å². The maximum Gasteiger partial charge on any atom is 0.216 e. The number of rotatable bonds is 16. The number of quaternary nitrogens is 1. The molecule has 1 rings (SSSR count). The number of nitrogens with zero attached hydrogens (tertiary/aromatic N) is 1. The van der Waals surface area contributed by atoms with Gasteiger partial charge in [0.1, 0.15) is 19.2 Å². The molecule has 2 atom stereocenters. The first-order valence-corrected chi connectivity index (χ1v) is 11.7. The minimum Gasteiger partial charge on any atom is -0.550 e. The van der Waals surface area contributed by atoms with Crippen LogP contribution in [0, 0.1) is 0 Å². The van der Waals surface area contributed by atoms with E-state index in [2.05, 4.69) is 6.92 Å². The van der Waals surface area contributed by atoms with E-state index in [1.165, 1.54) is 70.6 Å². The van der Waals surface area contributed by atoms with Crippen molar-refractivity contribution in [1.29, 1.82) is 0 Å². The van der Waals surface area contributed by atoms with E-state index >= 15 is 0 Å². The second-order valence-corrected chi connectivity index (χ2v) is 9.53. The monoisotopic (exact) mass is 399 g/mol. The van der Waals surface area contributed by atoms with Gasteiger partial charge in [-0.2, -0.15) is 0 Å². The molecule has 1 heterocycles. The zero-order chi connectivity index (χ0) is 20.9. The molecule has 0 bridgehead atoms. The van der Waals surface area contributed by atoms with Crippen LogP contribution in [-0.2, 0) is 9.53 Å². The van der Waals surface area contributed by atoms with Gasteiger partial charge in [-0.1, -0.05) is 84.0 Å². The third kappa shape index (κ3) is 12.0. The molecule has 1 aliphatic heterocycles. The quantitative estimate of drug-likeness (QED) is 0.317. The second-order valence-electron chi connectivity index (χ2n) is 9.53. The molecular formula is C23H45NO4. The number of likely N-dealkylation sites (N-methyl/N-ethyl adjacent to an activating group) is 1. The van der Waals surface area contributed by atoms with E-state index in [1.54, 1.807) is 0 Å². The number of carbonyl (C=O) groups excluding carboxylic acids is 1. The summed E-state index contributed by atoms with van der Waals surface area (Å²) < 4.78 is 6.32. The van der Waals surface area contributed by atoms with Crippen LogP contribution in [0.1, 0.15) is 103 Å². The molecule has 0 amide bonds. The lowest BCUT2D eigenvalue weighted by Crippen LogP contribution is -2.63. The van der Waals surface area contributed by atoms with E-state index in [9.17, 15) is 15.0 Å². The molecule has 5 heteroatoms. The minimum absolute atomic E-state index is 0.150. The van der Waals surface area contributed by atoms with Crippen molar-refractivity contribution in [2.75, 3.05) is 27.2 Å². The third-order valence-electron chi connectivity index (χ3n) is 5.82. The summed E-state index contributed by atoms with van der Waals surface area (Å²) in [6, 6.07) is 0. The standard InChI is InChI=1S/C23H45NO4/c1-4-5-6-7-8-9-10-11-12-13-14-15-16-17-23(27)20-24(2,3)19-21(28-23)18-22(25)26/h21,27H,4-20H2,1-3H3/t21-,23+/m1/s1. The average Bonchev–Trinajstić information content (AvgIpc) is 2.56. The maximum atomic E-state index is 10.9. The van der Waals surface area contributed by atoms with Crippen LogP contribution in [0.25, 0.3) is 0 Å². The highest BCUT2D eigenvalue weighted by Gasteiger charge is 2.44. The van der Waals surface area contributed by atoms with Crippen LogP contribution < -0.4 is 5.11 Å². The number of aliphatic carboxylic acids is 1. The van der Waals surface area contributed by atoms with E-state index in [-0.39, 0.29) is 6.42 Å². The van der Waals surface area contributed by atoms with Crippen molar-refractivity contribution >= 4 is 5.97 Å². The Bertz CT molecular complexity index is 427. The third-order valence-corrected chi connectivity index (χ3v) is 5.82. The molecule has 0 aliphatic carbocycles. The highest BCUT2D eigenvalue weighted by molar-refractivity contribution is 5.64. The van der Waals surface area contributed by atoms with E-state index in [1.807, 2.05) is 14.1 Å². The smallest absolute Gasteiger partial charge is 0.216 e. The van der Waals surface area contributed by atoms with Gasteiger partial charge in [0.05, 0.1) is 14.1 Å². The summed E-state index contributed by atoms with van der Waals surface area (Å²) in [5.41, 5.74) is 0. The van der Waals surface area contributed by atoms with Crippen molar-refractivity contribution in [3.8, 4) is 0 Å². The Morgan fingerprint density at radius 1 is 0.964 bits per heavy atom. The van der Waals surface area contributed by atoms with Crippen molar-refractivity contribution in [3.05, 3.63) is 0 Å². The first-order valence-electron chi connectivity index (χ1n) is 11.7. The summed E-state index contributed by atoms with van der Waals surface area (Å²) in [4.78, 5) is 10.9. The molecule has 28 heavy (non-hydrogen) atoms. The van der Waals surface area contributed by atoms with Crippen molar-refractivity contribution in [2.24, 2.45) is 0 Å². The molecule has 0 saturated carbocycles. The van der Waals surface area contributed by atoms with Gasteiger partial charge in [0, 0.05) is 18.8 Å². The van der Waals surface area contributed by atoms with Crippen LogP contribution in [-0.4, -0.2) is 54.6 Å². The number of hydrogen-bond donors (Lipinski definition) is 1. The minimum atomic E-state index is -1.21. The fraction of sp³-hybridized carbons (Fsp3) is 0.957. The van der Waals surface area contributed by atoms with Gasteiger partial charge < -0.3 is 24.2 Å². The lowest BCUT2D eigenvalue weighted by molar-refractivity contribution is -0.915. The van der Waals surface area contributed by atoms with Gasteiger partial charge in [0.15, 0.2) is 0 Å². The molecule has 1 N–H and O–H groups in total. The predicted octanol–water partition coefficient (Wildman–Crippen LogP) is 3.77. The zero-order valence-electron chi connectivity index (χ0n) is 18.7. The van der Waals surface area contributed by atoms with E-state index in [4.69, 9.17) is 4.74 Å². The molecule has 0 radical (unpaired) electrons. The van der Waals surface area contributed by atoms with Crippen molar-refractivity contribution in [3.63, 3.8) is 0 Å². The number of aliphatic hydroxyl groups is 1. The van der Waals surface area contributed by atoms with Crippen LogP contribution in [0.4, 0.5) is 0 Å². The Labute approximate surface area is 173 Å². The SMILES string of the molecule is CCCCCCCCCCCCCCC[C@@]1(O)C[N+](C)(C)C[C@@H](CC(=O)[O-])O1. The molecule has 1 saturated heterocycles. The summed E-state index contributed by atoms with van der Waals surface area (Å²) in [5, 5.41) is 21.7. The van der Waals surface area contributed by atoms with Crippen LogP contribution in [0.5, 0.6) is 0 Å². The fourth-order valence-electron chi connectivity index (χ4n) is 4.52.